The monoisotopic (exact) mass is 198 g/mol. The van der Waals surface area contributed by atoms with E-state index >= 15 is 0 Å². The topological polar surface area (TPSA) is 24.5 Å². The van der Waals surface area contributed by atoms with Gasteiger partial charge in [-0.25, -0.2) is 0 Å². The smallest absolute Gasteiger partial charge is 0.0561 e. The van der Waals surface area contributed by atoms with E-state index in [4.69, 9.17) is 4.74 Å². The van der Waals surface area contributed by atoms with Gasteiger partial charge in [0.1, 0.15) is 0 Å². The summed E-state index contributed by atoms with van der Waals surface area (Å²) in [5.74, 6) is 0. The molecule has 3 unspecified atom stereocenters. The third-order valence-corrected chi connectivity index (χ3v) is 3.48. The summed E-state index contributed by atoms with van der Waals surface area (Å²) in [5.41, 5.74) is 0. The minimum absolute atomic E-state index is 0.454. The van der Waals surface area contributed by atoms with Crippen molar-refractivity contribution < 1.29 is 4.74 Å². The molecule has 0 spiro atoms. The standard InChI is InChI=1S/C11H22N2O/c1-9-8-12-4-5-13(9)11-3-6-14-10(2)7-11/h9-12H,3-8H2,1-2H3. The Bertz CT molecular complexity index is 186. The Kier molecular flexibility index (Phi) is 3.42. The van der Waals surface area contributed by atoms with Gasteiger partial charge in [-0.15, -0.1) is 0 Å². The van der Waals surface area contributed by atoms with Gasteiger partial charge < -0.3 is 10.1 Å². The highest BCUT2D eigenvalue weighted by molar-refractivity contribution is 4.85. The molecular weight excluding hydrogens is 176 g/mol. The molecule has 0 aromatic heterocycles. The second-order valence-electron chi connectivity index (χ2n) is 4.65. The average molecular weight is 198 g/mol. The number of rotatable bonds is 1. The summed E-state index contributed by atoms with van der Waals surface area (Å²) in [6.07, 6.45) is 2.88. The van der Waals surface area contributed by atoms with Gasteiger partial charge in [-0.05, 0) is 26.7 Å². The van der Waals surface area contributed by atoms with Crippen LogP contribution in [-0.2, 0) is 4.74 Å². The first-order valence-electron chi connectivity index (χ1n) is 5.85. The fourth-order valence-electron chi connectivity index (χ4n) is 2.67. The van der Waals surface area contributed by atoms with Crippen LogP contribution in [0, 0.1) is 0 Å². The molecule has 2 aliphatic heterocycles. The van der Waals surface area contributed by atoms with Crippen LogP contribution in [0.1, 0.15) is 26.7 Å². The summed E-state index contributed by atoms with van der Waals surface area (Å²) >= 11 is 0. The first-order valence-corrected chi connectivity index (χ1v) is 5.85. The largest absolute Gasteiger partial charge is 0.378 e. The van der Waals surface area contributed by atoms with Crippen LogP contribution in [0.3, 0.4) is 0 Å². The maximum absolute atomic E-state index is 5.59. The van der Waals surface area contributed by atoms with E-state index in [1.165, 1.54) is 19.4 Å². The zero-order chi connectivity index (χ0) is 9.97. The first kappa shape index (κ1) is 10.4. The van der Waals surface area contributed by atoms with E-state index in [1.54, 1.807) is 0 Å². The first-order chi connectivity index (χ1) is 6.77. The second-order valence-corrected chi connectivity index (χ2v) is 4.65. The Morgan fingerprint density at radius 1 is 1.36 bits per heavy atom. The van der Waals surface area contributed by atoms with E-state index in [9.17, 15) is 0 Å². The van der Waals surface area contributed by atoms with Crippen molar-refractivity contribution in [3.05, 3.63) is 0 Å². The molecule has 0 aliphatic carbocycles. The zero-order valence-electron chi connectivity index (χ0n) is 9.33. The van der Waals surface area contributed by atoms with E-state index in [2.05, 4.69) is 24.1 Å². The Morgan fingerprint density at radius 2 is 2.21 bits per heavy atom. The van der Waals surface area contributed by atoms with Crippen molar-refractivity contribution in [2.24, 2.45) is 0 Å². The van der Waals surface area contributed by atoms with Gasteiger partial charge in [-0.2, -0.15) is 0 Å². The van der Waals surface area contributed by atoms with Gasteiger partial charge in [-0.3, -0.25) is 4.90 Å². The lowest BCUT2D eigenvalue weighted by atomic mass is 10.00. The third kappa shape index (κ3) is 2.27. The van der Waals surface area contributed by atoms with Crippen LogP contribution < -0.4 is 5.32 Å². The fourth-order valence-corrected chi connectivity index (χ4v) is 2.67. The molecule has 2 saturated heterocycles. The van der Waals surface area contributed by atoms with Crippen LogP contribution in [0.15, 0.2) is 0 Å². The van der Waals surface area contributed by atoms with Gasteiger partial charge in [-0.1, -0.05) is 0 Å². The number of hydrogen-bond acceptors (Lipinski definition) is 3. The van der Waals surface area contributed by atoms with Gasteiger partial charge in [0.15, 0.2) is 0 Å². The predicted octanol–water partition coefficient (Wildman–Crippen LogP) is 0.848. The van der Waals surface area contributed by atoms with E-state index in [-0.39, 0.29) is 0 Å². The van der Waals surface area contributed by atoms with E-state index in [1.807, 2.05) is 0 Å². The molecule has 2 aliphatic rings. The van der Waals surface area contributed by atoms with Crippen molar-refractivity contribution in [1.29, 1.82) is 0 Å². The molecule has 3 atom stereocenters. The molecule has 0 saturated carbocycles. The molecule has 0 bridgehead atoms. The minimum Gasteiger partial charge on any atom is -0.378 e. The van der Waals surface area contributed by atoms with E-state index < -0.39 is 0 Å². The van der Waals surface area contributed by atoms with Gasteiger partial charge >= 0.3 is 0 Å². The van der Waals surface area contributed by atoms with Gasteiger partial charge in [0.05, 0.1) is 6.10 Å². The Labute approximate surface area is 86.8 Å². The predicted molar refractivity (Wildman–Crippen MR) is 57.5 cm³/mol. The summed E-state index contributed by atoms with van der Waals surface area (Å²) in [5, 5.41) is 3.44. The number of ether oxygens (including phenoxy) is 1. The van der Waals surface area contributed by atoms with Crippen LogP contribution in [0.25, 0.3) is 0 Å². The van der Waals surface area contributed by atoms with E-state index in [0.29, 0.717) is 12.1 Å². The average Bonchev–Trinajstić information content (AvgIpc) is 2.18. The highest BCUT2D eigenvalue weighted by Crippen LogP contribution is 2.21. The summed E-state index contributed by atoms with van der Waals surface area (Å²) in [6.45, 7) is 8.97. The van der Waals surface area contributed by atoms with Gasteiger partial charge in [0, 0.05) is 38.3 Å². The number of hydrogen-bond donors (Lipinski definition) is 1. The molecule has 2 heterocycles. The normalized spacial score (nSPS) is 41.1. The molecule has 2 rings (SSSR count). The third-order valence-electron chi connectivity index (χ3n) is 3.48. The molecule has 0 aromatic rings. The molecule has 3 heteroatoms. The lowest BCUT2D eigenvalue weighted by Crippen LogP contribution is -2.55. The van der Waals surface area contributed by atoms with Gasteiger partial charge in [0.2, 0.25) is 0 Å². The summed E-state index contributed by atoms with van der Waals surface area (Å²) in [4.78, 5) is 2.66. The number of nitrogens with zero attached hydrogens (tertiary/aromatic N) is 1. The van der Waals surface area contributed by atoms with Crippen molar-refractivity contribution in [2.45, 2.75) is 44.9 Å². The Hall–Kier alpha value is -0.120. The highest BCUT2D eigenvalue weighted by atomic mass is 16.5. The Balaban J connectivity index is 1.91. The second kappa shape index (κ2) is 4.60. The summed E-state index contributed by atoms with van der Waals surface area (Å²) < 4.78 is 5.59. The quantitative estimate of drug-likeness (QED) is 0.676. The van der Waals surface area contributed by atoms with Crippen molar-refractivity contribution in [2.75, 3.05) is 26.2 Å². The summed E-state index contributed by atoms with van der Waals surface area (Å²) in [7, 11) is 0. The highest BCUT2D eigenvalue weighted by Gasteiger charge is 2.29. The maximum atomic E-state index is 5.59. The molecule has 0 amide bonds. The van der Waals surface area contributed by atoms with Crippen LogP contribution in [0.4, 0.5) is 0 Å². The SMILES string of the molecule is CC1CC(N2CCNCC2C)CCO1. The number of nitrogens with one attached hydrogen (secondary N) is 1. The molecule has 0 radical (unpaired) electrons. The van der Waals surface area contributed by atoms with Crippen molar-refractivity contribution in [1.82, 2.24) is 10.2 Å². The van der Waals surface area contributed by atoms with E-state index in [0.717, 1.165) is 25.7 Å². The van der Waals surface area contributed by atoms with Crippen LogP contribution in [-0.4, -0.2) is 49.3 Å². The van der Waals surface area contributed by atoms with Crippen molar-refractivity contribution in [3.8, 4) is 0 Å². The lowest BCUT2D eigenvalue weighted by molar-refractivity contribution is -0.0303. The van der Waals surface area contributed by atoms with Gasteiger partial charge in [0.25, 0.3) is 0 Å². The zero-order valence-corrected chi connectivity index (χ0v) is 9.33. The molecule has 0 aromatic carbocycles. The molecule has 82 valence electrons. The maximum Gasteiger partial charge on any atom is 0.0561 e. The molecule has 14 heavy (non-hydrogen) atoms. The summed E-state index contributed by atoms with van der Waals surface area (Å²) in [6, 6.07) is 1.45. The lowest BCUT2D eigenvalue weighted by Gasteiger charge is -2.42. The molecule has 1 N–H and O–H groups in total. The molecular formula is C11H22N2O. The van der Waals surface area contributed by atoms with Crippen LogP contribution in [0.5, 0.6) is 0 Å². The van der Waals surface area contributed by atoms with Crippen molar-refractivity contribution in [3.63, 3.8) is 0 Å². The fraction of sp³-hybridized carbons (Fsp3) is 1.00. The van der Waals surface area contributed by atoms with Crippen LogP contribution >= 0.6 is 0 Å². The minimum atomic E-state index is 0.454. The Morgan fingerprint density at radius 3 is 2.93 bits per heavy atom. The van der Waals surface area contributed by atoms with Crippen LogP contribution in [0.2, 0.25) is 0 Å². The van der Waals surface area contributed by atoms with Crippen molar-refractivity contribution >= 4 is 0 Å². The molecule has 2 fully saturated rings. The molecule has 3 nitrogen and oxygen atoms in total. The number of piperazine rings is 1.